The Morgan fingerprint density at radius 2 is 2.25 bits per heavy atom. The monoisotopic (exact) mass is 327 g/mol. The van der Waals surface area contributed by atoms with Crippen molar-refractivity contribution in [3.8, 4) is 10.8 Å². The minimum atomic E-state index is -0.458. The van der Waals surface area contributed by atoms with E-state index in [-0.39, 0.29) is 16.6 Å². The third-order valence-electron chi connectivity index (χ3n) is 2.54. The lowest BCUT2D eigenvalue weighted by Crippen LogP contribution is -2.23. The summed E-state index contributed by atoms with van der Waals surface area (Å²) in [5, 5.41) is 5.93. The predicted molar refractivity (Wildman–Crippen MR) is 77.4 cm³/mol. The highest BCUT2D eigenvalue weighted by atomic mass is 35.5. The maximum atomic E-state index is 11.9. The molecule has 0 aromatic carbocycles. The number of halogens is 2. The van der Waals surface area contributed by atoms with Crippen LogP contribution in [0.15, 0.2) is 39.2 Å². The molecule has 0 aliphatic rings. The molecule has 8 heteroatoms. The van der Waals surface area contributed by atoms with E-state index < -0.39 is 5.56 Å². The van der Waals surface area contributed by atoms with Gasteiger partial charge in [0.2, 0.25) is 5.89 Å². The quantitative estimate of drug-likeness (QED) is 0.740. The second-order valence-corrected chi connectivity index (χ2v) is 5.62. The van der Waals surface area contributed by atoms with Gasteiger partial charge in [0.05, 0.1) is 22.6 Å². The minimum Gasteiger partial charge on any atom is -0.443 e. The highest BCUT2D eigenvalue weighted by molar-refractivity contribution is 7.13. The Hall–Kier alpha value is -1.63. The molecule has 102 valence electrons. The van der Waals surface area contributed by atoms with Crippen molar-refractivity contribution in [2.24, 2.45) is 0 Å². The van der Waals surface area contributed by atoms with Crippen LogP contribution in [-0.4, -0.2) is 14.8 Å². The summed E-state index contributed by atoms with van der Waals surface area (Å²) >= 11 is 13.0. The molecule has 20 heavy (non-hydrogen) atoms. The molecule has 3 heterocycles. The minimum absolute atomic E-state index is 0.0522. The van der Waals surface area contributed by atoms with Gasteiger partial charge in [0, 0.05) is 0 Å². The molecular weight excluding hydrogens is 321 g/mol. The normalized spacial score (nSPS) is 10.9. The van der Waals surface area contributed by atoms with E-state index in [4.69, 9.17) is 27.6 Å². The first kappa shape index (κ1) is 13.4. The number of aromatic nitrogens is 3. The lowest BCUT2D eigenvalue weighted by atomic mass is 10.4. The van der Waals surface area contributed by atoms with Crippen molar-refractivity contribution in [1.82, 2.24) is 14.8 Å². The summed E-state index contributed by atoms with van der Waals surface area (Å²) in [7, 11) is 0. The molecule has 0 N–H and O–H groups in total. The third-order valence-corrected chi connectivity index (χ3v) is 4.14. The molecule has 3 aromatic heterocycles. The molecule has 0 fully saturated rings. The van der Waals surface area contributed by atoms with Crippen molar-refractivity contribution in [2.45, 2.75) is 6.54 Å². The van der Waals surface area contributed by atoms with Crippen molar-refractivity contribution in [3.05, 3.63) is 56.1 Å². The predicted octanol–water partition coefficient (Wildman–Crippen LogP) is 3.31. The fourth-order valence-electron chi connectivity index (χ4n) is 1.60. The largest absolute Gasteiger partial charge is 0.443 e. The molecule has 3 rings (SSSR count). The van der Waals surface area contributed by atoms with E-state index >= 15 is 0 Å². The fraction of sp³-hybridized carbons (Fsp3) is 0.0833. The number of hydrogen-bond donors (Lipinski definition) is 0. The Bertz CT molecular complexity index is 795. The van der Waals surface area contributed by atoms with E-state index in [9.17, 15) is 4.79 Å². The first-order valence-corrected chi connectivity index (χ1v) is 7.18. The van der Waals surface area contributed by atoms with Crippen LogP contribution in [0.4, 0.5) is 0 Å². The van der Waals surface area contributed by atoms with Crippen LogP contribution in [0.3, 0.4) is 0 Å². The smallest absolute Gasteiger partial charge is 0.287 e. The highest BCUT2D eigenvalue weighted by Gasteiger charge is 2.11. The van der Waals surface area contributed by atoms with Gasteiger partial charge in [0.15, 0.2) is 0 Å². The van der Waals surface area contributed by atoms with Crippen molar-refractivity contribution in [1.29, 1.82) is 0 Å². The summed E-state index contributed by atoms with van der Waals surface area (Å²) in [5.74, 6) is 0.517. The molecule has 0 atom stereocenters. The third kappa shape index (κ3) is 2.49. The Morgan fingerprint density at radius 1 is 1.40 bits per heavy atom. The molecule has 0 aliphatic carbocycles. The zero-order valence-corrected chi connectivity index (χ0v) is 12.2. The van der Waals surface area contributed by atoms with Gasteiger partial charge in [-0.15, -0.1) is 11.3 Å². The lowest BCUT2D eigenvalue weighted by Gasteiger charge is -2.02. The number of hydrogen-bond acceptors (Lipinski definition) is 5. The van der Waals surface area contributed by atoms with Crippen molar-refractivity contribution < 1.29 is 4.42 Å². The molecule has 0 radical (unpaired) electrons. The maximum absolute atomic E-state index is 11.9. The van der Waals surface area contributed by atoms with Crippen LogP contribution < -0.4 is 5.56 Å². The van der Waals surface area contributed by atoms with Gasteiger partial charge in [-0.3, -0.25) is 4.79 Å². The molecular formula is C12H7Cl2N3O2S. The van der Waals surface area contributed by atoms with Gasteiger partial charge in [-0.1, -0.05) is 29.3 Å². The molecule has 0 saturated carbocycles. The van der Waals surface area contributed by atoms with E-state index in [1.54, 1.807) is 0 Å². The zero-order chi connectivity index (χ0) is 14.1. The summed E-state index contributed by atoms with van der Waals surface area (Å²) in [4.78, 5) is 17.1. The Balaban J connectivity index is 1.89. The Morgan fingerprint density at radius 3 is 3.00 bits per heavy atom. The summed E-state index contributed by atoms with van der Waals surface area (Å²) in [6, 6.07) is 3.82. The summed E-state index contributed by atoms with van der Waals surface area (Å²) in [6.07, 6.45) is 2.82. The summed E-state index contributed by atoms with van der Waals surface area (Å²) in [6.45, 7) is 0.171. The van der Waals surface area contributed by atoms with Crippen LogP contribution in [0.1, 0.15) is 5.69 Å². The molecule has 3 aromatic rings. The van der Waals surface area contributed by atoms with E-state index in [1.165, 1.54) is 28.5 Å². The number of thiophene rings is 1. The van der Waals surface area contributed by atoms with Crippen molar-refractivity contribution in [3.63, 3.8) is 0 Å². The van der Waals surface area contributed by atoms with E-state index in [0.717, 1.165) is 4.88 Å². The zero-order valence-electron chi connectivity index (χ0n) is 9.92. The Labute approximate surface area is 127 Å². The van der Waals surface area contributed by atoms with Gasteiger partial charge in [0.25, 0.3) is 5.56 Å². The van der Waals surface area contributed by atoms with Gasteiger partial charge < -0.3 is 4.42 Å². The molecule has 0 spiro atoms. The first-order chi connectivity index (χ1) is 9.65. The van der Waals surface area contributed by atoms with Crippen molar-refractivity contribution >= 4 is 34.5 Å². The topological polar surface area (TPSA) is 60.9 Å². The molecule has 0 saturated heterocycles. The van der Waals surface area contributed by atoms with Crippen LogP contribution >= 0.6 is 34.5 Å². The maximum Gasteiger partial charge on any atom is 0.287 e. The van der Waals surface area contributed by atoms with Gasteiger partial charge in [-0.05, 0) is 11.4 Å². The van der Waals surface area contributed by atoms with Gasteiger partial charge in [0.1, 0.15) is 17.0 Å². The van der Waals surface area contributed by atoms with Gasteiger partial charge in [-0.2, -0.15) is 5.10 Å². The number of nitrogens with zero attached hydrogens (tertiary/aromatic N) is 3. The van der Waals surface area contributed by atoms with E-state index in [1.807, 2.05) is 17.5 Å². The Kier molecular flexibility index (Phi) is 3.60. The molecule has 0 unspecified atom stereocenters. The number of oxazole rings is 1. The van der Waals surface area contributed by atoms with Crippen LogP contribution in [0.25, 0.3) is 10.8 Å². The second kappa shape index (κ2) is 5.40. The molecule has 0 aliphatic heterocycles. The standard InChI is InChI=1S/C12H7Cl2N3O2S/c13-8-4-15-17(12(18)10(8)14)5-7-6-19-11(16-7)9-2-1-3-20-9/h1-4,6H,5H2. The fourth-order valence-corrected chi connectivity index (χ4v) is 2.53. The van der Waals surface area contributed by atoms with E-state index in [0.29, 0.717) is 11.6 Å². The van der Waals surface area contributed by atoms with Gasteiger partial charge >= 0.3 is 0 Å². The SMILES string of the molecule is O=c1c(Cl)c(Cl)cnn1Cc1coc(-c2cccs2)n1. The van der Waals surface area contributed by atoms with Crippen LogP contribution in [-0.2, 0) is 6.54 Å². The van der Waals surface area contributed by atoms with Crippen LogP contribution in [0.2, 0.25) is 10.0 Å². The average Bonchev–Trinajstić information content (AvgIpc) is 3.10. The van der Waals surface area contributed by atoms with Gasteiger partial charge in [-0.25, -0.2) is 9.67 Å². The summed E-state index contributed by atoms with van der Waals surface area (Å²) in [5.41, 5.74) is 0.126. The second-order valence-electron chi connectivity index (χ2n) is 3.89. The number of rotatable bonds is 3. The van der Waals surface area contributed by atoms with Crippen LogP contribution in [0.5, 0.6) is 0 Å². The highest BCUT2D eigenvalue weighted by Crippen LogP contribution is 2.23. The average molecular weight is 328 g/mol. The summed E-state index contributed by atoms with van der Waals surface area (Å²) < 4.78 is 6.56. The van der Waals surface area contributed by atoms with Crippen LogP contribution in [0, 0.1) is 0 Å². The van der Waals surface area contributed by atoms with E-state index in [2.05, 4.69) is 10.1 Å². The molecule has 0 bridgehead atoms. The first-order valence-electron chi connectivity index (χ1n) is 5.54. The molecule has 5 nitrogen and oxygen atoms in total. The van der Waals surface area contributed by atoms with Crippen molar-refractivity contribution in [2.75, 3.05) is 0 Å². The molecule has 0 amide bonds. The lowest BCUT2D eigenvalue weighted by molar-refractivity contribution is 0.568.